The molecule has 2 aromatic carbocycles. The Bertz CT molecular complexity index is 577. The Morgan fingerprint density at radius 1 is 1.00 bits per heavy atom. The maximum absolute atomic E-state index is 5.81. The first-order valence-corrected chi connectivity index (χ1v) is 6.26. The van der Waals surface area contributed by atoms with Crippen molar-refractivity contribution in [3.8, 4) is 5.75 Å². The molecule has 0 saturated heterocycles. The van der Waals surface area contributed by atoms with E-state index in [0.29, 0.717) is 6.73 Å². The van der Waals surface area contributed by atoms with Crippen molar-refractivity contribution in [3.05, 3.63) is 59.2 Å². The van der Waals surface area contributed by atoms with E-state index in [1.165, 1.54) is 22.4 Å². The molecule has 2 aromatic rings. The van der Waals surface area contributed by atoms with Crippen molar-refractivity contribution in [1.82, 2.24) is 0 Å². The highest BCUT2D eigenvalue weighted by Gasteiger charge is 2.17. The zero-order chi connectivity index (χ0) is 12.5. The summed E-state index contributed by atoms with van der Waals surface area (Å²) in [7, 11) is 0. The van der Waals surface area contributed by atoms with Crippen molar-refractivity contribution in [2.75, 3.05) is 11.6 Å². The zero-order valence-corrected chi connectivity index (χ0v) is 10.8. The highest BCUT2D eigenvalue weighted by atomic mass is 16.5. The molecule has 0 aliphatic carbocycles. The SMILES string of the molecule is Cc1cccc(N2COc3ccc(C)cc3C2)c1. The highest BCUT2D eigenvalue weighted by Crippen LogP contribution is 2.29. The fourth-order valence-electron chi connectivity index (χ4n) is 2.36. The molecule has 0 fully saturated rings. The van der Waals surface area contributed by atoms with Crippen molar-refractivity contribution in [3.63, 3.8) is 0 Å². The molecule has 0 atom stereocenters. The summed E-state index contributed by atoms with van der Waals surface area (Å²) in [5.74, 6) is 1.02. The lowest BCUT2D eigenvalue weighted by Gasteiger charge is -2.31. The van der Waals surface area contributed by atoms with Crippen LogP contribution in [0.2, 0.25) is 0 Å². The Hall–Kier alpha value is -1.96. The number of rotatable bonds is 1. The van der Waals surface area contributed by atoms with Crippen LogP contribution in [-0.4, -0.2) is 6.73 Å². The first kappa shape index (κ1) is 11.1. The van der Waals surface area contributed by atoms with Crippen molar-refractivity contribution >= 4 is 5.69 Å². The molecule has 0 bridgehead atoms. The second kappa shape index (κ2) is 4.37. The van der Waals surface area contributed by atoms with E-state index in [0.717, 1.165) is 12.3 Å². The van der Waals surface area contributed by atoms with E-state index in [2.05, 4.69) is 61.2 Å². The Balaban J connectivity index is 1.90. The van der Waals surface area contributed by atoms with Crippen LogP contribution in [0.3, 0.4) is 0 Å². The van der Waals surface area contributed by atoms with Crippen LogP contribution in [0, 0.1) is 13.8 Å². The highest BCUT2D eigenvalue weighted by molar-refractivity contribution is 5.51. The van der Waals surface area contributed by atoms with E-state index in [1.54, 1.807) is 0 Å². The summed E-state index contributed by atoms with van der Waals surface area (Å²) in [4.78, 5) is 2.26. The number of anilines is 1. The molecule has 0 saturated carbocycles. The van der Waals surface area contributed by atoms with Crippen LogP contribution >= 0.6 is 0 Å². The van der Waals surface area contributed by atoms with Gasteiger partial charge in [-0.15, -0.1) is 0 Å². The molecule has 0 aromatic heterocycles. The quantitative estimate of drug-likeness (QED) is 0.753. The molecule has 1 heterocycles. The topological polar surface area (TPSA) is 12.5 Å². The van der Waals surface area contributed by atoms with Crippen molar-refractivity contribution in [2.24, 2.45) is 0 Å². The standard InChI is InChI=1S/C16H17NO/c1-12-4-3-5-15(9-12)17-10-14-8-13(2)6-7-16(14)18-11-17/h3-9H,10-11H2,1-2H3. The largest absolute Gasteiger partial charge is 0.473 e. The molecular formula is C16H17NO. The van der Waals surface area contributed by atoms with Gasteiger partial charge in [0.2, 0.25) is 0 Å². The molecule has 18 heavy (non-hydrogen) atoms. The number of hydrogen-bond donors (Lipinski definition) is 0. The molecule has 3 rings (SSSR count). The summed E-state index contributed by atoms with van der Waals surface area (Å²) in [6.45, 7) is 5.78. The van der Waals surface area contributed by atoms with E-state index < -0.39 is 0 Å². The number of fused-ring (bicyclic) bond motifs is 1. The predicted molar refractivity (Wildman–Crippen MR) is 74.0 cm³/mol. The number of nitrogens with zero attached hydrogens (tertiary/aromatic N) is 1. The summed E-state index contributed by atoms with van der Waals surface area (Å²) < 4.78 is 5.81. The molecule has 0 unspecified atom stereocenters. The van der Waals surface area contributed by atoms with Crippen molar-refractivity contribution in [2.45, 2.75) is 20.4 Å². The monoisotopic (exact) mass is 239 g/mol. The van der Waals surface area contributed by atoms with Gasteiger partial charge in [-0.25, -0.2) is 0 Å². The fourth-order valence-corrected chi connectivity index (χ4v) is 2.36. The lowest BCUT2D eigenvalue weighted by molar-refractivity contribution is 0.289. The van der Waals surface area contributed by atoms with Gasteiger partial charge in [-0.3, -0.25) is 0 Å². The number of hydrogen-bond acceptors (Lipinski definition) is 2. The fraction of sp³-hybridized carbons (Fsp3) is 0.250. The van der Waals surface area contributed by atoms with Gasteiger partial charge in [-0.1, -0.05) is 29.8 Å². The van der Waals surface area contributed by atoms with Gasteiger partial charge in [-0.05, 0) is 37.6 Å². The minimum absolute atomic E-state index is 0.625. The van der Waals surface area contributed by atoms with E-state index in [-0.39, 0.29) is 0 Å². The normalized spacial score (nSPS) is 14.0. The summed E-state index contributed by atoms with van der Waals surface area (Å²) >= 11 is 0. The molecule has 92 valence electrons. The van der Waals surface area contributed by atoms with Gasteiger partial charge in [-0.2, -0.15) is 0 Å². The number of ether oxygens (including phenoxy) is 1. The van der Waals surface area contributed by atoms with Crippen molar-refractivity contribution in [1.29, 1.82) is 0 Å². The smallest absolute Gasteiger partial charge is 0.161 e. The van der Waals surface area contributed by atoms with E-state index >= 15 is 0 Å². The predicted octanol–water partition coefficient (Wildman–Crippen LogP) is 3.66. The molecule has 0 N–H and O–H groups in total. The molecule has 1 aliphatic rings. The van der Waals surface area contributed by atoms with Gasteiger partial charge >= 0.3 is 0 Å². The molecule has 2 heteroatoms. The van der Waals surface area contributed by atoms with Crippen LogP contribution in [0.4, 0.5) is 5.69 Å². The van der Waals surface area contributed by atoms with Gasteiger partial charge < -0.3 is 9.64 Å². The average Bonchev–Trinajstić information content (AvgIpc) is 2.38. The average molecular weight is 239 g/mol. The van der Waals surface area contributed by atoms with E-state index in [9.17, 15) is 0 Å². The maximum atomic E-state index is 5.81. The van der Waals surface area contributed by atoms with Crippen LogP contribution in [-0.2, 0) is 6.54 Å². The third kappa shape index (κ3) is 2.06. The van der Waals surface area contributed by atoms with Gasteiger partial charge in [0.15, 0.2) is 6.73 Å². The van der Waals surface area contributed by atoms with Gasteiger partial charge in [0.05, 0.1) is 0 Å². The Morgan fingerprint density at radius 3 is 2.67 bits per heavy atom. The third-order valence-corrected chi connectivity index (χ3v) is 3.32. The maximum Gasteiger partial charge on any atom is 0.161 e. The van der Waals surface area contributed by atoms with Crippen LogP contribution < -0.4 is 9.64 Å². The van der Waals surface area contributed by atoms with Crippen LogP contribution in [0.1, 0.15) is 16.7 Å². The Morgan fingerprint density at radius 2 is 1.83 bits per heavy atom. The summed E-state index contributed by atoms with van der Waals surface area (Å²) in [6.07, 6.45) is 0. The second-order valence-electron chi connectivity index (χ2n) is 4.92. The Kier molecular flexibility index (Phi) is 2.71. The van der Waals surface area contributed by atoms with Gasteiger partial charge in [0.1, 0.15) is 5.75 Å². The summed E-state index contributed by atoms with van der Waals surface area (Å²) in [5.41, 5.74) is 5.05. The van der Waals surface area contributed by atoms with Crippen LogP contribution in [0.25, 0.3) is 0 Å². The molecular weight excluding hydrogens is 222 g/mol. The zero-order valence-electron chi connectivity index (χ0n) is 10.8. The summed E-state index contributed by atoms with van der Waals surface area (Å²) in [6, 6.07) is 14.9. The summed E-state index contributed by atoms with van der Waals surface area (Å²) in [5, 5.41) is 0. The van der Waals surface area contributed by atoms with Crippen molar-refractivity contribution < 1.29 is 4.74 Å². The van der Waals surface area contributed by atoms with Gasteiger partial charge in [0, 0.05) is 17.8 Å². The lowest BCUT2D eigenvalue weighted by Crippen LogP contribution is -2.31. The molecule has 0 radical (unpaired) electrons. The number of aryl methyl sites for hydroxylation is 2. The first-order chi connectivity index (χ1) is 8.72. The minimum atomic E-state index is 0.625. The molecule has 0 spiro atoms. The van der Waals surface area contributed by atoms with Crippen LogP contribution in [0.15, 0.2) is 42.5 Å². The number of benzene rings is 2. The third-order valence-electron chi connectivity index (χ3n) is 3.32. The molecule has 0 amide bonds. The Labute approximate surface area is 108 Å². The van der Waals surface area contributed by atoms with Crippen LogP contribution in [0.5, 0.6) is 5.75 Å². The lowest BCUT2D eigenvalue weighted by atomic mass is 10.1. The first-order valence-electron chi connectivity index (χ1n) is 6.26. The van der Waals surface area contributed by atoms with Gasteiger partial charge in [0.25, 0.3) is 0 Å². The minimum Gasteiger partial charge on any atom is -0.473 e. The molecule has 1 aliphatic heterocycles. The molecule has 2 nitrogen and oxygen atoms in total. The second-order valence-corrected chi connectivity index (χ2v) is 4.92. The van der Waals surface area contributed by atoms with E-state index in [1.807, 2.05) is 0 Å². The van der Waals surface area contributed by atoms with E-state index in [4.69, 9.17) is 4.74 Å².